The Bertz CT molecular complexity index is 583. The van der Waals surface area contributed by atoms with Crippen LogP contribution < -0.4 is 0 Å². The van der Waals surface area contributed by atoms with Gasteiger partial charge >= 0.3 is 5.97 Å². The standard InChI is InChI=1S/C21H30O4/c1-6-17(22)18(7-2)25-19(21(4,5)20(23)24-8-3)15-14-16-12-10-9-11-13-16/h9-13,17-19,22H,6-8H2,1-5H3/t17-,18+,19+/m1/s1. The number of rotatable bonds is 8. The van der Waals surface area contributed by atoms with E-state index in [1.54, 1.807) is 20.8 Å². The molecule has 0 aliphatic heterocycles. The summed E-state index contributed by atoms with van der Waals surface area (Å²) in [5.41, 5.74) is -0.0987. The first-order valence-corrected chi connectivity index (χ1v) is 8.94. The predicted molar refractivity (Wildman–Crippen MR) is 99.0 cm³/mol. The lowest BCUT2D eigenvalue weighted by Gasteiger charge is -2.33. The van der Waals surface area contributed by atoms with E-state index in [4.69, 9.17) is 9.47 Å². The number of hydrogen-bond acceptors (Lipinski definition) is 4. The number of aliphatic hydroxyl groups excluding tert-OH is 1. The molecule has 1 aromatic carbocycles. The molecule has 4 nitrogen and oxygen atoms in total. The lowest BCUT2D eigenvalue weighted by atomic mass is 9.86. The molecule has 0 radical (unpaired) electrons. The van der Waals surface area contributed by atoms with Crippen molar-refractivity contribution in [3.8, 4) is 11.8 Å². The molecule has 1 rings (SSSR count). The normalized spacial score (nSPS) is 14.8. The summed E-state index contributed by atoms with van der Waals surface area (Å²) in [6, 6.07) is 9.55. The maximum Gasteiger partial charge on any atom is 0.315 e. The fraction of sp³-hybridized carbons (Fsp3) is 0.571. The van der Waals surface area contributed by atoms with Crippen molar-refractivity contribution >= 4 is 5.97 Å². The molecule has 0 unspecified atom stereocenters. The van der Waals surface area contributed by atoms with Crippen molar-refractivity contribution in [2.45, 2.75) is 65.8 Å². The van der Waals surface area contributed by atoms with Crippen molar-refractivity contribution in [2.75, 3.05) is 6.61 Å². The molecule has 0 saturated heterocycles. The van der Waals surface area contributed by atoms with Crippen LogP contribution in [-0.4, -0.2) is 36.0 Å². The van der Waals surface area contributed by atoms with Crippen molar-refractivity contribution < 1.29 is 19.4 Å². The van der Waals surface area contributed by atoms with E-state index in [-0.39, 0.29) is 12.1 Å². The fourth-order valence-electron chi connectivity index (χ4n) is 2.38. The molecular weight excluding hydrogens is 316 g/mol. The first-order valence-electron chi connectivity index (χ1n) is 8.94. The van der Waals surface area contributed by atoms with E-state index in [0.29, 0.717) is 19.4 Å². The molecule has 0 fully saturated rings. The largest absolute Gasteiger partial charge is 0.465 e. The van der Waals surface area contributed by atoms with Crippen LogP contribution in [0.4, 0.5) is 0 Å². The lowest BCUT2D eigenvalue weighted by molar-refractivity contribution is -0.165. The van der Waals surface area contributed by atoms with Crippen LogP contribution in [0.5, 0.6) is 0 Å². The van der Waals surface area contributed by atoms with Gasteiger partial charge in [0, 0.05) is 5.56 Å². The topological polar surface area (TPSA) is 55.8 Å². The van der Waals surface area contributed by atoms with Gasteiger partial charge < -0.3 is 14.6 Å². The zero-order chi connectivity index (χ0) is 18.9. The van der Waals surface area contributed by atoms with Crippen molar-refractivity contribution in [1.29, 1.82) is 0 Å². The van der Waals surface area contributed by atoms with E-state index >= 15 is 0 Å². The second kappa shape index (κ2) is 10.2. The van der Waals surface area contributed by atoms with Crippen LogP contribution in [0.25, 0.3) is 0 Å². The van der Waals surface area contributed by atoms with Crippen LogP contribution in [0.1, 0.15) is 53.0 Å². The van der Waals surface area contributed by atoms with Crippen LogP contribution >= 0.6 is 0 Å². The third-order valence-corrected chi connectivity index (χ3v) is 4.14. The van der Waals surface area contributed by atoms with E-state index < -0.39 is 17.6 Å². The predicted octanol–water partition coefficient (Wildman–Crippen LogP) is 3.56. The molecule has 0 aliphatic carbocycles. The Balaban J connectivity index is 3.13. The summed E-state index contributed by atoms with van der Waals surface area (Å²) in [6.45, 7) is 9.45. The monoisotopic (exact) mass is 346 g/mol. The Kier molecular flexibility index (Phi) is 8.68. The van der Waals surface area contributed by atoms with Gasteiger partial charge in [-0.05, 0) is 45.7 Å². The number of benzene rings is 1. The molecule has 0 spiro atoms. The molecule has 0 aliphatic rings. The van der Waals surface area contributed by atoms with Gasteiger partial charge in [-0.1, -0.05) is 43.9 Å². The van der Waals surface area contributed by atoms with Crippen LogP contribution in [0.2, 0.25) is 0 Å². The van der Waals surface area contributed by atoms with Gasteiger partial charge in [0.15, 0.2) is 0 Å². The first-order chi connectivity index (χ1) is 11.9. The number of hydrogen-bond donors (Lipinski definition) is 1. The minimum atomic E-state index is -0.946. The van der Waals surface area contributed by atoms with Crippen LogP contribution in [0.3, 0.4) is 0 Å². The van der Waals surface area contributed by atoms with Crippen LogP contribution in [0.15, 0.2) is 30.3 Å². The SMILES string of the molecule is CCOC(=O)C(C)(C)[C@H](C#Cc1ccccc1)O[C@@H](CC)[C@H](O)CC. The van der Waals surface area contributed by atoms with Crippen LogP contribution in [0, 0.1) is 17.3 Å². The maximum atomic E-state index is 12.4. The third-order valence-electron chi connectivity index (χ3n) is 4.14. The molecule has 0 aromatic heterocycles. The zero-order valence-corrected chi connectivity index (χ0v) is 15.9. The van der Waals surface area contributed by atoms with E-state index in [1.807, 2.05) is 44.2 Å². The molecule has 0 heterocycles. The zero-order valence-electron chi connectivity index (χ0n) is 15.9. The van der Waals surface area contributed by atoms with Gasteiger partial charge in [0.05, 0.1) is 24.2 Å². The highest BCUT2D eigenvalue weighted by atomic mass is 16.5. The second-order valence-electron chi connectivity index (χ2n) is 6.52. The fourth-order valence-corrected chi connectivity index (χ4v) is 2.38. The summed E-state index contributed by atoms with van der Waals surface area (Å²) in [5.74, 6) is 5.79. The Morgan fingerprint density at radius 1 is 1.16 bits per heavy atom. The van der Waals surface area contributed by atoms with Crippen molar-refractivity contribution in [2.24, 2.45) is 5.41 Å². The minimum Gasteiger partial charge on any atom is -0.465 e. The van der Waals surface area contributed by atoms with Gasteiger partial charge in [-0.3, -0.25) is 4.79 Å². The number of carbonyl (C=O) groups is 1. The Morgan fingerprint density at radius 3 is 2.32 bits per heavy atom. The number of aliphatic hydroxyl groups is 1. The number of carbonyl (C=O) groups excluding carboxylic acids is 1. The molecular formula is C21H30O4. The highest BCUT2D eigenvalue weighted by molar-refractivity contribution is 5.77. The van der Waals surface area contributed by atoms with Gasteiger partial charge in [0.2, 0.25) is 0 Å². The average molecular weight is 346 g/mol. The van der Waals surface area contributed by atoms with Gasteiger partial charge in [-0.2, -0.15) is 0 Å². The highest BCUT2D eigenvalue weighted by Gasteiger charge is 2.40. The van der Waals surface area contributed by atoms with E-state index in [1.165, 1.54) is 0 Å². The Labute approximate surface area is 151 Å². The van der Waals surface area contributed by atoms with E-state index in [2.05, 4.69) is 11.8 Å². The molecule has 1 aromatic rings. The Hall–Kier alpha value is -1.83. The summed E-state index contributed by atoms with van der Waals surface area (Å²) >= 11 is 0. The molecule has 1 N–H and O–H groups in total. The van der Waals surface area contributed by atoms with Gasteiger partial charge in [0.25, 0.3) is 0 Å². The van der Waals surface area contributed by atoms with Crippen molar-refractivity contribution in [1.82, 2.24) is 0 Å². The quantitative estimate of drug-likeness (QED) is 0.578. The highest BCUT2D eigenvalue weighted by Crippen LogP contribution is 2.28. The summed E-state index contributed by atoms with van der Waals surface area (Å²) in [4.78, 5) is 12.4. The summed E-state index contributed by atoms with van der Waals surface area (Å²) in [7, 11) is 0. The number of ether oxygens (including phenoxy) is 2. The molecule has 138 valence electrons. The van der Waals surface area contributed by atoms with Gasteiger partial charge in [-0.15, -0.1) is 0 Å². The van der Waals surface area contributed by atoms with Crippen molar-refractivity contribution in [3.05, 3.63) is 35.9 Å². The minimum absolute atomic E-state index is 0.301. The average Bonchev–Trinajstić information content (AvgIpc) is 2.62. The summed E-state index contributed by atoms with van der Waals surface area (Å²) in [6.07, 6.45) is -0.440. The molecule has 25 heavy (non-hydrogen) atoms. The summed E-state index contributed by atoms with van der Waals surface area (Å²) in [5, 5.41) is 10.2. The molecule has 0 saturated carbocycles. The molecule has 0 amide bonds. The van der Waals surface area contributed by atoms with Gasteiger partial charge in [0.1, 0.15) is 6.10 Å². The first kappa shape index (κ1) is 21.2. The van der Waals surface area contributed by atoms with Crippen LogP contribution in [-0.2, 0) is 14.3 Å². The maximum absolute atomic E-state index is 12.4. The van der Waals surface area contributed by atoms with E-state index in [9.17, 15) is 9.90 Å². The number of esters is 1. The molecule has 4 heteroatoms. The smallest absolute Gasteiger partial charge is 0.315 e. The summed E-state index contributed by atoms with van der Waals surface area (Å²) < 4.78 is 11.3. The third kappa shape index (κ3) is 6.19. The van der Waals surface area contributed by atoms with Gasteiger partial charge in [-0.25, -0.2) is 0 Å². The Morgan fingerprint density at radius 2 is 1.80 bits per heavy atom. The molecule has 3 atom stereocenters. The van der Waals surface area contributed by atoms with E-state index in [0.717, 1.165) is 5.56 Å². The second-order valence-corrected chi connectivity index (χ2v) is 6.52. The van der Waals surface area contributed by atoms with Crippen molar-refractivity contribution in [3.63, 3.8) is 0 Å². The lowest BCUT2D eigenvalue weighted by Crippen LogP contribution is -2.43. The molecule has 0 bridgehead atoms.